The minimum atomic E-state index is -0.473. The maximum absolute atomic E-state index is 13.5. The first kappa shape index (κ1) is 24.7. The van der Waals surface area contributed by atoms with Crippen LogP contribution in [0.3, 0.4) is 0 Å². The first-order chi connectivity index (χ1) is 17.3. The van der Waals surface area contributed by atoms with E-state index in [0.717, 1.165) is 11.1 Å². The zero-order valence-electron chi connectivity index (χ0n) is 20.8. The highest BCUT2D eigenvalue weighted by Crippen LogP contribution is 2.33. The fourth-order valence-corrected chi connectivity index (χ4v) is 3.72. The Bertz CT molecular complexity index is 1470. The Morgan fingerprint density at radius 2 is 1.53 bits per heavy atom. The zero-order chi connectivity index (χ0) is 25.8. The normalized spacial score (nSPS) is 10.7. The third-order valence-corrected chi connectivity index (χ3v) is 5.85. The van der Waals surface area contributed by atoms with Crippen molar-refractivity contribution in [1.29, 1.82) is 0 Å². The van der Waals surface area contributed by atoms with Gasteiger partial charge in [0.05, 0.1) is 32.4 Å². The van der Waals surface area contributed by atoms with E-state index in [1.165, 1.54) is 7.11 Å². The van der Waals surface area contributed by atoms with Crippen molar-refractivity contribution < 1.29 is 28.2 Å². The molecule has 0 saturated heterocycles. The standard InChI is InChI=1S/C28H27NO7/c1-16-12-21-23(13-17(16)2)36-27(18-6-8-19(32-3)9-7-18)28(26(21)31)35-15-25(30)29-22-11-10-20(33-4)14-24(22)34-5/h6-14H,15H2,1-5H3,(H,29,30). The predicted molar refractivity (Wildman–Crippen MR) is 138 cm³/mol. The van der Waals surface area contributed by atoms with Gasteiger partial charge < -0.3 is 28.7 Å². The molecule has 8 heteroatoms. The Balaban J connectivity index is 1.69. The van der Waals surface area contributed by atoms with Crippen LogP contribution in [0.1, 0.15) is 11.1 Å². The molecule has 0 saturated carbocycles. The number of anilines is 1. The molecule has 1 heterocycles. The first-order valence-electron chi connectivity index (χ1n) is 11.2. The van der Waals surface area contributed by atoms with Crippen molar-refractivity contribution in [3.05, 3.63) is 75.9 Å². The van der Waals surface area contributed by atoms with Crippen molar-refractivity contribution in [2.24, 2.45) is 0 Å². The quantitative estimate of drug-likeness (QED) is 0.367. The number of carbonyl (C=O) groups excluding carboxylic acids is 1. The van der Waals surface area contributed by atoms with Crippen LogP contribution in [0.4, 0.5) is 5.69 Å². The summed E-state index contributed by atoms with van der Waals surface area (Å²) < 4.78 is 27.7. The number of benzene rings is 3. The van der Waals surface area contributed by atoms with Gasteiger partial charge in [0.2, 0.25) is 11.2 Å². The zero-order valence-corrected chi connectivity index (χ0v) is 20.8. The highest BCUT2D eigenvalue weighted by molar-refractivity contribution is 5.93. The van der Waals surface area contributed by atoms with Crippen LogP contribution in [0.25, 0.3) is 22.3 Å². The maximum atomic E-state index is 13.5. The molecule has 0 aliphatic heterocycles. The summed E-state index contributed by atoms with van der Waals surface area (Å²) in [5.41, 5.74) is 3.07. The van der Waals surface area contributed by atoms with E-state index in [2.05, 4.69) is 5.32 Å². The van der Waals surface area contributed by atoms with Crippen LogP contribution in [0, 0.1) is 13.8 Å². The highest BCUT2D eigenvalue weighted by Gasteiger charge is 2.20. The lowest BCUT2D eigenvalue weighted by molar-refractivity contribution is -0.118. The number of nitrogens with one attached hydrogen (secondary N) is 1. The number of carbonyl (C=O) groups is 1. The van der Waals surface area contributed by atoms with Crippen molar-refractivity contribution >= 4 is 22.6 Å². The Hall–Kier alpha value is -4.46. The molecule has 8 nitrogen and oxygen atoms in total. The van der Waals surface area contributed by atoms with Crippen LogP contribution in [0.5, 0.6) is 23.0 Å². The minimum Gasteiger partial charge on any atom is -0.497 e. The number of amides is 1. The lowest BCUT2D eigenvalue weighted by atomic mass is 10.0. The van der Waals surface area contributed by atoms with Crippen molar-refractivity contribution in [2.45, 2.75) is 13.8 Å². The van der Waals surface area contributed by atoms with Gasteiger partial charge in [0.25, 0.3) is 5.91 Å². The molecule has 4 aromatic rings. The van der Waals surface area contributed by atoms with E-state index >= 15 is 0 Å². The molecule has 0 spiro atoms. The SMILES string of the molecule is COc1ccc(-c2oc3cc(C)c(C)cc3c(=O)c2OCC(=O)Nc2ccc(OC)cc2OC)cc1. The van der Waals surface area contributed by atoms with E-state index in [0.29, 0.717) is 39.5 Å². The largest absolute Gasteiger partial charge is 0.497 e. The van der Waals surface area contributed by atoms with Gasteiger partial charge in [-0.25, -0.2) is 0 Å². The van der Waals surface area contributed by atoms with Crippen LogP contribution < -0.4 is 29.7 Å². The fraction of sp³-hybridized carbons (Fsp3) is 0.214. The average Bonchev–Trinajstić information content (AvgIpc) is 2.89. The number of methoxy groups -OCH3 is 3. The second kappa shape index (κ2) is 10.4. The predicted octanol–water partition coefficient (Wildman–Crippen LogP) is 5.12. The van der Waals surface area contributed by atoms with Gasteiger partial charge in [0, 0.05) is 11.6 Å². The Labute approximate surface area is 208 Å². The van der Waals surface area contributed by atoms with Crippen molar-refractivity contribution in [3.63, 3.8) is 0 Å². The minimum absolute atomic E-state index is 0.0484. The summed E-state index contributed by atoms with van der Waals surface area (Å²) in [6.45, 7) is 3.45. The van der Waals surface area contributed by atoms with Crippen LogP contribution in [-0.2, 0) is 4.79 Å². The molecule has 36 heavy (non-hydrogen) atoms. The molecule has 3 aromatic carbocycles. The summed E-state index contributed by atoms with van der Waals surface area (Å²) in [5, 5.41) is 3.11. The molecule has 1 amide bonds. The Morgan fingerprint density at radius 1 is 0.861 bits per heavy atom. The topological polar surface area (TPSA) is 96.2 Å². The molecule has 0 aliphatic carbocycles. The molecule has 0 fully saturated rings. The molecule has 0 atom stereocenters. The van der Waals surface area contributed by atoms with E-state index in [1.807, 2.05) is 19.9 Å². The van der Waals surface area contributed by atoms with E-state index in [1.54, 1.807) is 62.8 Å². The number of rotatable bonds is 8. The molecule has 0 radical (unpaired) electrons. The number of hydrogen-bond donors (Lipinski definition) is 1. The van der Waals surface area contributed by atoms with E-state index in [4.69, 9.17) is 23.4 Å². The summed E-state index contributed by atoms with van der Waals surface area (Å²) in [6.07, 6.45) is 0. The van der Waals surface area contributed by atoms with Crippen LogP contribution >= 0.6 is 0 Å². The third kappa shape index (κ3) is 4.98. The summed E-state index contributed by atoms with van der Waals surface area (Å²) in [4.78, 5) is 26.2. The van der Waals surface area contributed by atoms with E-state index < -0.39 is 12.5 Å². The number of ether oxygens (including phenoxy) is 4. The lowest BCUT2D eigenvalue weighted by Crippen LogP contribution is -2.23. The van der Waals surface area contributed by atoms with Gasteiger partial charge in [-0.15, -0.1) is 0 Å². The Kier molecular flexibility index (Phi) is 7.15. The van der Waals surface area contributed by atoms with E-state index in [9.17, 15) is 9.59 Å². The number of aryl methyl sites for hydroxylation is 2. The van der Waals surface area contributed by atoms with Crippen LogP contribution in [0.15, 0.2) is 63.8 Å². The van der Waals surface area contributed by atoms with Gasteiger partial charge in [0.1, 0.15) is 22.8 Å². The molecule has 1 aromatic heterocycles. The molecule has 0 bridgehead atoms. The summed E-state index contributed by atoms with van der Waals surface area (Å²) in [7, 11) is 4.60. The lowest BCUT2D eigenvalue weighted by Gasteiger charge is -2.14. The smallest absolute Gasteiger partial charge is 0.262 e. The van der Waals surface area contributed by atoms with Crippen LogP contribution in [-0.4, -0.2) is 33.8 Å². The molecule has 0 aliphatic rings. The van der Waals surface area contributed by atoms with Gasteiger partial charge in [-0.05, 0) is 73.5 Å². The maximum Gasteiger partial charge on any atom is 0.262 e. The fourth-order valence-electron chi connectivity index (χ4n) is 3.72. The van der Waals surface area contributed by atoms with Gasteiger partial charge in [-0.2, -0.15) is 0 Å². The third-order valence-electron chi connectivity index (χ3n) is 5.85. The van der Waals surface area contributed by atoms with Gasteiger partial charge >= 0.3 is 0 Å². The second-order valence-electron chi connectivity index (χ2n) is 8.15. The number of fused-ring (bicyclic) bond motifs is 1. The van der Waals surface area contributed by atoms with E-state index in [-0.39, 0.29) is 16.9 Å². The summed E-state index contributed by atoms with van der Waals surface area (Å²) in [6, 6.07) is 15.6. The molecule has 4 rings (SSSR count). The van der Waals surface area contributed by atoms with Crippen LogP contribution in [0.2, 0.25) is 0 Å². The van der Waals surface area contributed by atoms with Crippen molar-refractivity contribution in [3.8, 4) is 34.3 Å². The van der Waals surface area contributed by atoms with Crippen molar-refractivity contribution in [1.82, 2.24) is 0 Å². The summed E-state index contributed by atoms with van der Waals surface area (Å²) in [5.74, 6) is 1.38. The summed E-state index contributed by atoms with van der Waals surface area (Å²) >= 11 is 0. The van der Waals surface area contributed by atoms with Gasteiger partial charge in [0.15, 0.2) is 12.4 Å². The average molecular weight is 490 g/mol. The Morgan fingerprint density at radius 3 is 2.19 bits per heavy atom. The monoisotopic (exact) mass is 489 g/mol. The molecule has 186 valence electrons. The van der Waals surface area contributed by atoms with Crippen molar-refractivity contribution in [2.75, 3.05) is 33.3 Å². The highest BCUT2D eigenvalue weighted by atomic mass is 16.5. The van der Waals surface area contributed by atoms with Gasteiger partial charge in [-0.1, -0.05) is 0 Å². The molecular weight excluding hydrogens is 462 g/mol. The molecule has 0 unspecified atom stereocenters. The van der Waals surface area contributed by atoms with Gasteiger partial charge in [-0.3, -0.25) is 9.59 Å². The molecular formula is C28H27NO7. The molecule has 1 N–H and O–H groups in total. The second-order valence-corrected chi connectivity index (χ2v) is 8.15. The first-order valence-corrected chi connectivity index (χ1v) is 11.2. The number of hydrogen-bond acceptors (Lipinski definition) is 7.